The molecule has 0 aliphatic carbocycles. The molecule has 2 unspecified atom stereocenters. The average molecular weight is 386 g/mol. The second kappa shape index (κ2) is 9.55. The first-order chi connectivity index (χ1) is 11.6. The molecule has 2 amide bonds. The van der Waals surface area contributed by atoms with Crippen molar-refractivity contribution in [3.63, 3.8) is 0 Å². The van der Waals surface area contributed by atoms with E-state index in [9.17, 15) is 9.59 Å². The number of aryl methyl sites for hydroxylation is 1. The molecule has 3 rings (SSSR count). The first kappa shape index (κ1) is 20.2. The molecule has 25 heavy (non-hydrogen) atoms. The minimum absolute atomic E-state index is 0. The molecule has 7 heteroatoms. The molecule has 0 saturated carbocycles. The van der Waals surface area contributed by atoms with Gasteiger partial charge in [0.25, 0.3) is 0 Å². The summed E-state index contributed by atoms with van der Waals surface area (Å²) in [5.74, 6) is 0.702. The smallest absolute Gasteiger partial charge is 0.237 e. The van der Waals surface area contributed by atoms with Crippen molar-refractivity contribution in [2.45, 2.75) is 45.1 Å². The largest absolute Gasteiger partial charge is 0.354 e. The molecular weight excluding hydrogens is 358 g/mol. The van der Waals surface area contributed by atoms with Gasteiger partial charge in [-0.1, -0.05) is 0 Å². The molecule has 0 spiro atoms. The molecule has 2 aliphatic rings. The number of nitrogens with one attached hydrogen (secondary N) is 2. The van der Waals surface area contributed by atoms with Gasteiger partial charge >= 0.3 is 0 Å². The molecule has 1 aromatic heterocycles. The Morgan fingerprint density at radius 3 is 2.84 bits per heavy atom. The Morgan fingerprint density at radius 2 is 2.16 bits per heavy atom. The molecule has 1 aromatic rings. The van der Waals surface area contributed by atoms with Crippen LogP contribution in [-0.4, -0.2) is 48.9 Å². The lowest BCUT2D eigenvalue weighted by atomic mass is 9.97. The van der Waals surface area contributed by atoms with Crippen molar-refractivity contribution < 1.29 is 9.59 Å². The molecule has 2 fully saturated rings. The Morgan fingerprint density at radius 1 is 1.32 bits per heavy atom. The third kappa shape index (κ3) is 5.69. The highest BCUT2D eigenvalue weighted by Crippen LogP contribution is 2.20. The zero-order valence-corrected chi connectivity index (χ0v) is 16.4. The van der Waals surface area contributed by atoms with E-state index in [0.717, 1.165) is 50.2 Å². The van der Waals surface area contributed by atoms with Crippen molar-refractivity contribution in [2.24, 2.45) is 5.92 Å². The van der Waals surface area contributed by atoms with Crippen LogP contribution >= 0.6 is 23.7 Å². The topological polar surface area (TPSA) is 61.4 Å². The number of piperidine rings is 1. The fourth-order valence-electron chi connectivity index (χ4n) is 3.58. The summed E-state index contributed by atoms with van der Waals surface area (Å²) in [4.78, 5) is 29.0. The van der Waals surface area contributed by atoms with E-state index in [1.54, 1.807) is 11.3 Å². The van der Waals surface area contributed by atoms with Gasteiger partial charge in [-0.3, -0.25) is 9.59 Å². The van der Waals surface area contributed by atoms with Crippen LogP contribution in [0.4, 0.5) is 0 Å². The Hall–Kier alpha value is -1.11. The maximum absolute atomic E-state index is 12.5. The fraction of sp³-hybridized carbons (Fsp3) is 0.667. The standard InChI is InChI=1S/C18H27N3O2S.ClH/c1-13-6-7-15(24-13)10-17(22)21-9-3-4-14(12-21)11-20-18(23)16-5-2-8-19-16;/h6-7,14,16,19H,2-5,8-12H2,1H3,(H,20,23);1H. The molecule has 2 atom stereocenters. The van der Waals surface area contributed by atoms with Gasteiger partial charge in [-0.05, 0) is 57.2 Å². The number of hydrogen-bond acceptors (Lipinski definition) is 4. The van der Waals surface area contributed by atoms with Crippen molar-refractivity contribution >= 4 is 35.6 Å². The van der Waals surface area contributed by atoms with Crippen molar-refractivity contribution in [1.29, 1.82) is 0 Å². The Kier molecular flexibility index (Phi) is 7.72. The summed E-state index contributed by atoms with van der Waals surface area (Å²) in [5.41, 5.74) is 0. The number of thiophene rings is 1. The summed E-state index contributed by atoms with van der Waals surface area (Å²) < 4.78 is 0. The van der Waals surface area contributed by atoms with Crippen LogP contribution in [0.15, 0.2) is 12.1 Å². The Labute approximate surface area is 160 Å². The number of nitrogens with zero attached hydrogens (tertiary/aromatic N) is 1. The van der Waals surface area contributed by atoms with Gasteiger partial charge in [-0.15, -0.1) is 23.7 Å². The number of likely N-dealkylation sites (tertiary alicyclic amines) is 1. The zero-order chi connectivity index (χ0) is 16.9. The third-order valence-electron chi connectivity index (χ3n) is 4.93. The molecule has 0 aromatic carbocycles. The van der Waals surface area contributed by atoms with E-state index in [4.69, 9.17) is 0 Å². The predicted molar refractivity (Wildman–Crippen MR) is 103 cm³/mol. The Bertz CT molecular complexity index is 587. The van der Waals surface area contributed by atoms with E-state index >= 15 is 0 Å². The lowest BCUT2D eigenvalue weighted by molar-refractivity contribution is -0.132. The highest BCUT2D eigenvalue weighted by Gasteiger charge is 2.26. The van der Waals surface area contributed by atoms with Gasteiger partial charge in [0.1, 0.15) is 0 Å². The molecule has 140 valence electrons. The van der Waals surface area contributed by atoms with Gasteiger partial charge in [0.2, 0.25) is 11.8 Å². The zero-order valence-electron chi connectivity index (χ0n) is 14.8. The van der Waals surface area contributed by atoms with E-state index in [2.05, 4.69) is 23.6 Å². The van der Waals surface area contributed by atoms with Crippen LogP contribution < -0.4 is 10.6 Å². The summed E-state index contributed by atoms with van der Waals surface area (Å²) in [6, 6.07) is 4.10. The van der Waals surface area contributed by atoms with Crippen LogP contribution in [0.3, 0.4) is 0 Å². The number of carbonyl (C=O) groups excluding carboxylic acids is 2. The highest BCUT2D eigenvalue weighted by atomic mass is 35.5. The SMILES string of the molecule is Cc1ccc(CC(=O)N2CCCC(CNC(=O)C3CCCN3)C2)s1.Cl. The summed E-state index contributed by atoms with van der Waals surface area (Å²) in [6.45, 7) is 5.29. The predicted octanol–water partition coefficient (Wildman–Crippen LogP) is 2.13. The van der Waals surface area contributed by atoms with Gasteiger partial charge < -0.3 is 15.5 Å². The highest BCUT2D eigenvalue weighted by molar-refractivity contribution is 7.12. The maximum Gasteiger partial charge on any atom is 0.237 e. The summed E-state index contributed by atoms with van der Waals surface area (Å²) >= 11 is 1.70. The van der Waals surface area contributed by atoms with Crippen molar-refractivity contribution in [2.75, 3.05) is 26.2 Å². The first-order valence-electron chi connectivity index (χ1n) is 8.96. The van der Waals surface area contributed by atoms with E-state index in [0.29, 0.717) is 18.9 Å². The molecule has 3 heterocycles. The second-order valence-electron chi connectivity index (χ2n) is 6.93. The molecule has 5 nitrogen and oxygen atoms in total. The van der Waals surface area contributed by atoms with Crippen LogP contribution in [0.2, 0.25) is 0 Å². The fourth-order valence-corrected chi connectivity index (χ4v) is 4.46. The molecule has 0 bridgehead atoms. The number of hydrogen-bond donors (Lipinski definition) is 2. The van der Waals surface area contributed by atoms with E-state index < -0.39 is 0 Å². The van der Waals surface area contributed by atoms with E-state index in [1.165, 1.54) is 4.88 Å². The third-order valence-corrected chi connectivity index (χ3v) is 5.94. The minimum atomic E-state index is -0.0200. The van der Waals surface area contributed by atoms with Gasteiger partial charge in [-0.25, -0.2) is 0 Å². The lowest BCUT2D eigenvalue weighted by Crippen LogP contribution is -2.47. The van der Waals surface area contributed by atoms with Gasteiger partial charge in [0.05, 0.1) is 12.5 Å². The molecular formula is C18H28ClN3O2S. The van der Waals surface area contributed by atoms with Crippen LogP contribution in [0, 0.1) is 12.8 Å². The number of carbonyl (C=O) groups is 2. The first-order valence-corrected chi connectivity index (χ1v) is 9.77. The van der Waals surface area contributed by atoms with Crippen LogP contribution in [-0.2, 0) is 16.0 Å². The number of halogens is 1. The molecule has 2 aliphatic heterocycles. The molecule has 2 N–H and O–H groups in total. The van der Waals surface area contributed by atoms with Crippen molar-refractivity contribution in [3.8, 4) is 0 Å². The molecule has 0 radical (unpaired) electrons. The number of amides is 2. The summed E-state index contributed by atoms with van der Waals surface area (Å²) in [7, 11) is 0. The normalized spacial score (nSPS) is 23.2. The lowest BCUT2D eigenvalue weighted by Gasteiger charge is -2.33. The van der Waals surface area contributed by atoms with E-state index in [-0.39, 0.29) is 30.3 Å². The maximum atomic E-state index is 12.5. The average Bonchev–Trinajstić information content (AvgIpc) is 3.25. The minimum Gasteiger partial charge on any atom is -0.354 e. The quantitative estimate of drug-likeness (QED) is 0.816. The molecule has 2 saturated heterocycles. The van der Waals surface area contributed by atoms with Crippen molar-refractivity contribution in [3.05, 3.63) is 21.9 Å². The summed E-state index contributed by atoms with van der Waals surface area (Å²) in [5, 5.41) is 6.29. The number of rotatable bonds is 5. The van der Waals surface area contributed by atoms with Crippen LogP contribution in [0.25, 0.3) is 0 Å². The van der Waals surface area contributed by atoms with Crippen LogP contribution in [0.5, 0.6) is 0 Å². The monoisotopic (exact) mass is 385 g/mol. The van der Waals surface area contributed by atoms with Gasteiger partial charge in [0.15, 0.2) is 0 Å². The van der Waals surface area contributed by atoms with Crippen LogP contribution in [0.1, 0.15) is 35.4 Å². The Balaban J connectivity index is 0.00000225. The second-order valence-corrected chi connectivity index (χ2v) is 8.30. The van der Waals surface area contributed by atoms with E-state index in [1.807, 2.05) is 11.0 Å². The van der Waals surface area contributed by atoms with Gasteiger partial charge in [-0.2, -0.15) is 0 Å². The summed E-state index contributed by atoms with van der Waals surface area (Å²) in [6.07, 6.45) is 4.62. The van der Waals surface area contributed by atoms with Crippen molar-refractivity contribution in [1.82, 2.24) is 15.5 Å². The van der Waals surface area contributed by atoms with Gasteiger partial charge in [0, 0.05) is 29.4 Å².